The molecule has 0 amide bonds. The molecule has 0 spiro atoms. The second-order valence-corrected chi connectivity index (χ2v) is 3.92. The Labute approximate surface area is 95.5 Å². The number of carboxylic acid groups (broad SMARTS) is 1. The van der Waals surface area contributed by atoms with E-state index < -0.39 is 5.97 Å². The van der Waals surface area contributed by atoms with Crippen LogP contribution < -0.4 is 11.1 Å². The largest absolute Gasteiger partial charge is 0.481 e. The molecule has 0 bridgehead atoms. The van der Waals surface area contributed by atoms with E-state index in [9.17, 15) is 4.79 Å². The Kier molecular flexibility index (Phi) is 4.95. The number of hydrogen-bond acceptors (Lipinski definition) is 3. The first-order valence-electron chi connectivity index (χ1n) is 5.32. The quantitative estimate of drug-likeness (QED) is 0.668. The number of carbonyl (C=O) groups is 1. The standard InChI is InChI=1S/C12H18N2O2/c1-9-4-2-3-5-10(9)7-14-8-11(13)6-12(15)16/h2-5,11,14H,6-8,13H2,1H3,(H,15,16). The monoisotopic (exact) mass is 222 g/mol. The minimum absolute atomic E-state index is 0.000766. The van der Waals surface area contributed by atoms with Gasteiger partial charge in [0.15, 0.2) is 0 Å². The van der Waals surface area contributed by atoms with E-state index in [2.05, 4.69) is 5.32 Å². The molecule has 1 rings (SSSR count). The number of carboxylic acids is 1. The van der Waals surface area contributed by atoms with Crippen LogP contribution in [0.1, 0.15) is 17.5 Å². The van der Waals surface area contributed by atoms with E-state index in [4.69, 9.17) is 10.8 Å². The minimum atomic E-state index is -0.856. The second kappa shape index (κ2) is 6.25. The lowest BCUT2D eigenvalue weighted by Gasteiger charge is -2.11. The summed E-state index contributed by atoms with van der Waals surface area (Å²) in [5, 5.41) is 11.7. The van der Waals surface area contributed by atoms with Crippen LogP contribution >= 0.6 is 0 Å². The highest BCUT2D eigenvalue weighted by molar-refractivity contribution is 5.67. The average molecular weight is 222 g/mol. The topological polar surface area (TPSA) is 75.3 Å². The third kappa shape index (κ3) is 4.42. The lowest BCUT2D eigenvalue weighted by molar-refractivity contribution is -0.137. The minimum Gasteiger partial charge on any atom is -0.481 e. The van der Waals surface area contributed by atoms with Crippen molar-refractivity contribution in [1.29, 1.82) is 0 Å². The fourth-order valence-electron chi connectivity index (χ4n) is 1.50. The summed E-state index contributed by atoms with van der Waals surface area (Å²) in [6.07, 6.45) is 0.000766. The molecule has 0 heterocycles. The van der Waals surface area contributed by atoms with Gasteiger partial charge in [-0.05, 0) is 18.1 Å². The number of aliphatic carboxylic acids is 1. The third-order valence-corrected chi connectivity index (χ3v) is 2.42. The Bertz CT molecular complexity index is 353. The van der Waals surface area contributed by atoms with Gasteiger partial charge in [-0.25, -0.2) is 0 Å². The summed E-state index contributed by atoms with van der Waals surface area (Å²) in [5.74, 6) is -0.856. The Morgan fingerprint density at radius 3 is 2.81 bits per heavy atom. The zero-order valence-electron chi connectivity index (χ0n) is 9.44. The van der Waals surface area contributed by atoms with Gasteiger partial charge in [0.05, 0.1) is 6.42 Å². The van der Waals surface area contributed by atoms with Gasteiger partial charge in [-0.15, -0.1) is 0 Å². The molecule has 0 aliphatic heterocycles. The van der Waals surface area contributed by atoms with Crippen LogP contribution in [-0.4, -0.2) is 23.7 Å². The van der Waals surface area contributed by atoms with Gasteiger partial charge in [0.25, 0.3) is 0 Å². The van der Waals surface area contributed by atoms with Crippen molar-refractivity contribution in [2.45, 2.75) is 25.9 Å². The van der Waals surface area contributed by atoms with Crippen LogP contribution in [0, 0.1) is 6.92 Å². The SMILES string of the molecule is Cc1ccccc1CNCC(N)CC(=O)O. The molecule has 4 N–H and O–H groups in total. The molecule has 0 saturated carbocycles. The number of rotatable bonds is 6. The van der Waals surface area contributed by atoms with Gasteiger partial charge in [-0.2, -0.15) is 0 Å². The van der Waals surface area contributed by atoms with Gasteiger partial charge in [0.2, 0.25) is 0 Å². The van der Waals surface area contributed by atoms with Crippen molar-refractivity contribution >= 4 is 5.97 Å². The molecule has 1 unspecified atom stereocenters. The maximum absolute atomic E-state index is 10.4. The zero-order valence-corrected chi connectivity index (χ0v) is 9.44. The molecule has 1 aromatic rings. The zero-order chi connectivity index (χ0) is 12.0. The van der Waals surface area contributed by atoms with E-state index in [1.54, 1.807) is 0 Å². The Hall–Kier alpha value is -1.39. The van der Waals surface area contributed by atoms with Crippen molar-refractivity contribution in [3.05, 3.63) is 35.4 Å². The fourth-order valence-corrected chi connectivity index (χ4v) is 1.50. The molecule has 0 radical (unpaired) electrons. The van der Waals surface area contributed by atoms with Gasteiger partial charge in [0, 0.05) is 19.1 Å². The summed E-state index contributed by atoms with van der Waals surface area (Å²) in [6, 6.07) is 7.75. The molecule has 0 saturated heterocycles. The van der Waals surface area contributed by atoms with Gasteiger partial charge in [-0.3, -0.25) is 4.79 Å². The fraction of sp³-hybridized carbons (Fsp3) is 0.417. The van der Waals surface area contributed by atoms with Crippen LogP contribution in [0.4, 0.5) is 0 Å². The van der Waals surface area contributed by atoms with E-state index in [-0.39, 0.29) is 12.5 Å². The predicted molar refractivity (Wildman–Crippen MR) is 63.1 cm³/mol. The maximum Gasteiger partial charge on any atom is 0.304 e. The van der Waals surface area contributed by atoms with Crippen molar-refractivity contribution in [3.63, 3.8) is 0 Å². The molecule has 0 aromatic heterocycles. The van der Waals surface area contributed by atoms with Crippen molar-refractivity contribution in [2.24, 2.45) is 5.73 Å². The summed E-state index contributed by atoms with van der Waals surface area (Å²) >= 11 is 0. The summed E-state index contributed by atoms with van der Waals surface area (Å²) in [6.45, 7) is 3.29. The molecule has 4 heteroatoms. The maximum atomic E-state index is 10.4. The summed E-state index contributed by atoms with van der Waals surface area (Å²) in [5.41, 5.74) is 8.07. The first-order valence-corrected chi connectivity index (χ1v) is 5.32. The first kappa shape index (κ1) is 12.7. The second-order valence-electron chi connectivity index (χ2n) is 3.92. The number of hydrogen-bond donors (Lipinski definition) is 3. The van der Waals surface area contributed by atoms with Crippen molar-refractivity contribution < 1.29 is 9.90 Å². The molecule has 0 aliphatic carbocycles. The molecular formula is C12H18N2O2. The molecule has 0 fully saturated rings. The van der Waals surface area contributed by atoms with Gasteiger partial charge in [0.1, 0.15) is 0 Å². The Morgan fingerprint density at radius 2 is 2.19 bits per heavy atom. The van der Waals surface area contributed by atoms with E-state index in [0.717, 1.165) is 6.54 Å². The lowest BCUT2D eigenvalue weighted by Crippen LogP contribution is -2.35. The smallest absolute Gasteiger partial charge is 0.304 e. The normalized spacial score (nSPS) is 12.4. The number of benzene rings is 1. The van der Waals surface area contributed by atoms with Crippen LogP contribution in [0.2, 0.25) is 0 Å². The van der Waals surface area contributed by atoms with E-state index >= 15 is 0 Å². The van der Waals surface area contributed by atoms with Crippen LogP contribution in [0.25, 0.3) is 0 Å². The molecule has 4 nitrogen and oxygen atoms in total. The Morgan fingerprint density at radius 1 is 1.50 bits per heavy atom. The first-order chi connectivity index (χ1) is 7.59. The predicted octanol–water partition coefficient (Wildman–Crippen LogP) is 0.887. The molecule has 88 valence electrons. The highest BCUT2D eigenvalue weighted by Gasteiger charge is 2.07. The van der Waals surface area contributed by atoms with Crippen LogP contribution in [-0.2, 0) is 11.3 Å². The molecule has 16 heavy (non-hydrogen) atoms. The summed E-state index contributed by atoms with van der Waals surface area (Å²) < 4.78 is 0. The number of nitrogens with one attached hydrogen (secondary N) is 1. The van der Waals surface area contributed by atoms with Crippen molar-refractivity contribution in [3.8, 4) is 0 Å². The highest BCUT2D eigenvalue weighted by atomic mass is 16.4. The van der Waals surface area contributed by atoms with Gasteiger partial charge >= 0.3 is 5.97 Å². The number of nitrogens with two attached hydrogens (primary N) is 1. The molecule has 0 aliphatic rings. The van der Waals surface area contributed by atoms with Crippen LogP contribution in [0.15, 0.2) is 24.3 Å². The summed E-state index contributed by atoms with van der Waals surface area (Å²) in [4.78, 5) is 10.4. The lowest BCUT2D eigenvalue weighted by atomic mass is 10.1. The van der Waals surface area contributed by atoms with Crippen molar-refractivity contribution in [1.82, 2.24) is 5.32 Å². The third-order valence-electron chi connectivity index (χ3n) is 2.42. The highest BCUT2D eigenvalue weighted by Crippen LogP contribution is 2.05. The van der Waals surface area contributed by atoms with Crippen LogP contribution in [0.3, 0.4) is 0 Å². The van der Waals surface area contributed by atoms with Gasteiger partial charge < -0.3 is 16.2 Å². The average Bonchev–Trinajstić information content (AvgIpc) is 2.19. The molecule has 1 atom stereocenters. The number of aryl methyl sites for hydroxylation is 1. The van der Waals surface area contributed by atoms with Crippen molar-refractivity contribution in [2.75, 3.05) is 6.54 Å². The van der Waals surface area contributed by atoms with E-state index in [0.29, 0.717) is 6.54 Å². The van der Waals surface area contributed by atoms with E-state index in [1.165, 1.54) is 11.1 Å². The molecule has 1 aromatic carbocycles. The summed E-state index contributed by atoms with van der Waals surface area (Å²) in [7, 11) is 0. The van der Waals surface area contributed by atoms with E-state index in [1.807, 2.05) is 31.2 Å². The Balaban J connectivity index is 2.30. The molecular weight excluding hydrogens is 204 g/mol. The van der Waals surface area contributed by atoms with Gasteiger partial charge in [-0.1, -0.05) is 24.3 Å². The van der Waals surface area contributed by atoms with Crippen LogP contribution in [0.5, 0.6) is 0 Å².